The van der Waals surface area contributed by atoms with Gasteiger partial charge in [-0.1, -0.05) is 38.5 Å². The Morgan fingerprint density at radius 2 is 1.77 bits per heavy atom. The van der Waals surface area contributed by atoms with Crippen LogP contribution >= 0.6 is 0 Å². The number of hydrogen-bond acceptors (Lipinski definition) is 2. The molecule has 188 valence electrons. The fourth-order valence-corrected chi connectivity index (χ4v) is 9.35. The van der Waals surface area contributed by atoms with E-state index in [2.05, 4.69) is 26.1 Å². The number of alkyl halides is 3. The van der Waals surface area contributed by atoms with Crippen LogP contribution in [0.25, 0.3) is 0 Å². The Labute approximate surface area is 204 Å². The van der Waals surface area contributed by atoms with E-state index in [9.17, 15) is 22.8 Å². The number of halogens is 3. The number of allylic oxidation sites excluding steroid dienone is 1. The summed E-state index contributed by atoms with van der Waals surface area (Å²) in [5, 5.41) is 2.67. The maximum atomic E-state index is 13.5. The Balaban J connectivity index is 1.29. The zero-order valence-corrected chi connectivity index (χ0v) is 20.6. The third kappa shape index (κ3) is 3.23. The van der Waals surface area contributed by atoms with Crippen molar-refractivity contribution in [3.63, 3.8) is 0 Å². The van der Waals surface area contributed by atoms with Crippen LogP contribution in [0.2, 0.25) is 0 Å². The third-order valence-corrected chi connectivity index (χ3v) is 11.1. The van der Waals surface area contributed by atoms with E-state index in [1.807, 2.05) is 6.08 Å². The number of fused-ring (bicyclic) bond motifs is 8. The summed E-state index contributed by atoms with van der Waals surface area (Å²) in [6.45, 7) is 6.91. The van der Waals surface area contributed by atoms with Crippen LogP contribution in [-0.2, 0) is 15.8 Å². The van der Waals surface area contributed by atoms with Crippen molar-refractivity contribution in [2.45, 2.75) is 65.5 Å². The second kappa shape index (κ2) is 7.45. The summed E-state index contributed by atoms with van der Waals surface area (Å²) in [6.07, 6.45) is 2.65. The van der Waals surface area contributed by atoms with Crippen molar-refractivity contribution in [2.75, 3.05) is 5.32 Å². The molecule has 0 saturated heterocycles. The molecule has 8 unspecified atom stereocenters. The number of hydrogen-bond donors (Lipinski definition) is 1. The molecule has 0 bridgehead atoms. The first-order chi connectivity index (χ1) is 16.5. The fourth-order valence-electron chi connectivity index (χ4n) is 9.35. The number of nitrogens with one attached hydrogen (secondary N) is 1. The first-order valence-corrected chi connectivity index (χ1v) is 13.2. The molecule has 4 saturated carbocycles. The van der Waals surface area contributed by atoms with Crippen molar-refractivity contribution < 1.29 is 22.8 Å². The second-order valence-corrected chi connectivity index (χ2v) is 12.4. The van der Waals surface area contributed by atoms with Gasteiger partial charge in [0.2, 0.25) is 5.91 Å². The number of rotatable bonds is 2. The van der Waals surface area contributed by atoms with Gasteiger partial charge in [0.15, 0.2) is 5.78 Å². The Hall–Kier alpha value is -2.11. The van der Waals surface area contributed by atoms with Crippen LogP contribution in [0.1, 0.15) is 64.9 Å². The summed E-state index contributed by atoms with van der Waals surface area (Å²) < 4.78 is 40.5. The molecule has 35 heavy (non-hydrogen) atoms. The molecular formula is C29H34F3NO2. The van der Waals surface area contributed by atoms with Crippen LogP contribution in [0.3, 0.4) is 0 Å². The van der Waals surface area contributed by atoms with Gasteiger partial charge in [0.1, 0.15) is 0 Å². The highest BCUT2D eigenvalue weighted by Gasteiger charge is 2.70. The normalized spacial score (nSPS) is 43.9. The van der Waals surface area contributed by atoms with Gasteiger partial charge in [0, 0.05) is 12.3 Å². The SMILES string of the molecule is CC1C2C3=CC(=O)CCC3(C)C3CCC4(C)C(CC[C@@H]4C(=O)Nc4ccccc4C(F)(F)F)C3C12. The van der Waals surface area contributed by atoms with Gasteiger partial charge >= 0.3 is 6.18 Å². The van der Waals surface area contributed by atoms with Crippen LogP contribution < -0.4 is 5.32 Å². The molecule has 0 heterocycles. The summed E-state index contributed by atoms with van der Waals surface area (Å²) in [4.78, 5) is 25.8. The Bertz CT molecular complexity index is 1130. The van der Waals surface area contributed by atoms with E-state index in [-0.39, 0.29) is 34.1 Å². The molecule has 0 aromatic heterocycles. The molecule has 5 aliphatic rings. The average molecular weight is 486 g/mol. The minimum Gasteiger partial charge on any atom is -0.325 e. The highest BCUT2D eigenvalue weighted by molar-refractivity contribution is 5.94. The van der Waals surface area contributed by atoms with Gasteiger partial charge in [-0.2, -0.15) is 13.2 Å². The zero-order valence-electron chi connectivity index (χ0n) is 20.6. The molecule has 3 nitrogen and oxygen atoms in total. The van der Waals surface area contributed by atoms with E-state index < -0.39 is 11.7 Å². The van der Waals surface area contributed by atoms with Gasteiger partial charge in [-0.25, -0.2) is 0 Å². The lowest BCUT2D eigenvalue weighted by Crippen LogP contribution is -2.52. The van der Waals surface area contributed by atoms with Crippen molar-refractivity contribution in [3.8, 4) is 0 Å². The summed E-state index contributed by atoms with van der Waals surface area (Å²) in [5.74, 6) is 2.81. The number of carbonyl (C=O) groups excluding carboxylic acids is 2. The molecule has 0 aliphatic heterocycles. The molecular weight excluding hydrogens is 451 g/mol. The Kier molecular flexibility index (Phi) is 4.96. The lowest BCUT2D eigenvalue weighted by molar-refractivity contribution is -0.137. The van der Waals surface area contributed by atoms with Crippen molar-refractivity contribution in [1.82, 2.24) is 0 Å². The van der Waals surface area contributed by atoms with Crippen LogP contribution in [0, 0.1) is 52.3 Å². The zero-order chi connectivity index (χ0) is 24.9. The third-order valence-electron chi connectivity index (χ3n) is 11.1. The van der Waals surface area contributed by atoms with E-state index >= 15 is 0 Å². The summed E-state index contributed by atoms with van der Waals surface area (Å²) >= 11 is 0. The maximum Gasteiger partial charge on any atom is 0.418 e. The molecule has 5 aliphatic carbocycles. The van der Waals surface area contributed by atoms with Gasteiger partial charge in [0.05, 0.1) is 11.3 Å². The molecule has 6 rings (SSSR count). The number of benzene rings is 1. The lowest BCUT2D eigenvalue weighted by atomic mass is 9.47. The summed E-state index contributed by atoms with van der Waals surface area (Å²) in [5.41, 5.74) is 0.323. The maximum absolute atomic E-state index is 13.5. The minimum atomic E-state index is -4.51. The van der Waals surface area contributed by atoms with Crippen molar-refractivity contribution in [2.24, 2.45) is 52.3 Å². The number of anilines is 1. The topological polar surface area (TPSA) is 46.2 Å². The van der Waals surface area contributed by atoms with Gasteiger partial charge in [-0.3, -0.25) is 9.59 Å². The van der Waals surface area contributed by atoms with E-state index in [1.54, 1.807) is 0 Å². The van der Waals surface area contributed by atoms with Gasteiger partial charge in [-0.15, -0.1) is 0 Å². The highest BCUT2D eigenvalue weighted by Crippen LogP contribution is 2.76. The number of amides is 1. The Morgan fingerprint density at radius 3 is 2.51 bits per heavy atom. The van der Waals surface area contributed by atoms with Crippen LogP contribution in [0.5, 0.6) is 0 Å². The van der Waals surface area contributed by atoms with Crippen molar-refractivity contribution >= 4 is 17.4 Å². The van der Waals surface area contributed by atoms with Crippen LogP contribution in [0.4, 0.5) is 18.9 Å². The predicted octanol–water partition coefficient (Wildman–Crippen LogP) is 6.89. The van der Waals surface area contributed by atoms with Crippen LogP contribution in [0.15, 0.2) is 35.9 Å². The quantitative estimate of drug-likeness (QED) is 0.496. The minimum absolute atomic E-state index is 0.0673. The van der Waals surface area contributed by atoms with Gasteiger partial charge in [0.25, 0.3) is 0 Å². The summed E-state index contributed by atoms with van der Waals surface area (Å²) in [7, 11) is 0. The number of ketones is 1. The van der Waals surface area contributed by atoms with Crippen molar-refractivity contribution in [3.05, 3.63) is 41.5 Å². The van der Waals surface area contributed by atoms with E-state index in [4.69, 9.17) is 0 Å². The molecule has 9 atom stereocenters. The van der Waals surface area contributed by atoms with Crippen LogP contribution in [-0.4, -0.2) is 11.7 Å². The molecule has 1 aromatic carbocycles. The summed E-state index contributed by atoms with van der Waals surface area (Å²) in [6, 6.07) is 5.26. The van der Waals surface area contributed by atoms with E-state index in [0.717, 1.165) is 38.2 Å². The van der Waals surface area contributed by atoms with E-state index in [0.29, 0.717) is 41.9 Å². The predicted molar refractivity (Wildman–Crippen MR) is 127 cm³/mol. The molecule has 0 radical (unpaired) electrons. The molecule has 6 heteroatoms. The first kappa shape index (κ1) is 23.3. The highest BCUT2D eigenvalue weighted by atomic mass is 19.4. The fraction of sp³-hybridized carbons (Fsp3) is 0.655. The largest absolute Gasteiger partial charge is 0.418 e. The van der Waals surface area contributed by atoms with E-state index in [1.165, 1.54) is 23.8 Å². The lowest BCUT2D eigenvalue weighted by Gasteiger charge is -2.57. The Morgan fingerprint density at radius 1 is 1.03 bits per heavy atom. The smallest absolute Gasteiger partial charge is 0.325 e. The monoisotopic (exact) mass is 485 g/mol. The molecule has 1 amide bonds. The van der Waals surface area contributed by atoms with Crippen molar-refractivity contribution in [1.29, 1.82) is 0 Å². The molecule has 0 spiro atoms. The first-order valence-electron chi connectivity index (χ1n) is 13.2. The molecule has 1 N–H and O–H groups in total. The molecule has 1 aromatic rings. The van der Waals surface area contributed by atoms with Gasteiger partial charge < -0.3 is 5.32 Å². The standard InChI is InChI=1S/C29H34F3NO2/c1-15-23-21-14-16(34)10-12-28(21,3)19-11-13-27(2)18(25(19)24(15)23)8-9-20(27)26(35)33-22-7-5-4-6-17(22)29(30,31)32/h4-7,14-15,18-20,23-25H,8-13H2,1-3H3,(H,33,35)/t15?,18?,19?,20-,23?,24?,25?,27?,28?/m1/s1. The molecule has 4 fully saturated rings. The second-order valence-electron chi connectivity index (χ2n) is 12.4. The number of carbonyl (C=O) groups is 2. The van der Waals surface area contributed by atoms with Gasteiger partial charge in [-0.05, 0) is 96.7 Å². The average Bonchev–Trinajstić information content (AvgIpc) is 3.31. The number of para-hydroxylation sites is 1.